The summed E-state index contributed by atoms with van der Waals surface area (Å²) >= 11 is 0. The van der Waals surface area contributed by atoms with Crippen LogP contribution >= 0.6 is 0 Å². The molecule has 1 aliphatic heterocycles. The number of aromatic amines is 1. The van der Waals surface area contributed by atoms with Gasteiger partial charge in [0.05, 0.1) is 23.8 Å². The molecule has 140 valence electrons. The van der Waals surface area contributed by atoms with E-state index < -0.39 is 0 Å². The molecule has 0 bridgehead atoms. The second kappa shape index (κ2) is 6.48. The lowest BCUT2D eigenvalue weighted by Crippen LogP contribution is -2.38. The lowest BCUT2D eigenvalue weighted by molar-refractivity contribution is 0.472. The monoisotopic (exact) mass is 364 g/mol. The Morgan fingerprint density at radius 3 is 3.00 bits per heavy atom. The Morgan fingerprint density at radius 1 is 1.19 bits per heavy atom. The van der Waals surface area contributed by atoms with Crippen LogP contribution in [-0.2, 0) is 19.4 Å². The van der Waals surface area contributed by atoms with Crippen LogP contribution in [0.3, 0.4) is 0 Å². The fourth-order valence-corrected chi connectivity index (χ4v) is 4.51. The fraction of sp³-hybridized carbons (Fsp3) is 0.500. The second-order valence-electron chi connectivity index (χ2n) is 7.74. The molecule has 3 aromatic heterocycles. The summed E-state index contributed by atoms with van der Waals surface area (Å²) in [5.41, 5.74) is 5.26. The van der Waals surface area contributed by atoms with Crippen LogP contribution in [-0.4, -0.2) is 37.3 Å². The van der Waals surface area contributed by atoms with Crippen LogP contribution in [0.25, 0.3) is 11.0 Å². The third kappa shape index (κ3) is 2.91. The van der Waals surface area contributed by atoms with Crippen LogP contribution < -0.4 is 10.5 Å². The summed E-state index contributed by atoms with van der Waals surface area (Å²) in [4.78, 5) is 27.2. The van der Waals surface area contributed by atoms with Gasteiger partial charge in [-0.2, -0.15) is 5.10 Å². The predicted molar refractivity (Wildman–Crippen MR) is 104 cm³/mol. The molecule has 1 aliphatic carbocycles. The Hall–Kier alpha value is -2.70. The number of aryl methyl sites for hydroxylation is 3. The molecule has 1 fully saturated rings. The summed E-state index contributed by atoms with van der Waals surface area (Å²) in [7, 11) is 0. The number of rotatable bonds is 3. The van der Waals surface area contributed by atoms with Gasteiger partial charge in [-0.1, -0.05) is 0 Å². The van der Waals surface area contributed by atoms with Gasteiger partial charge in [0, 0.05) is 18.3 Å². The number of hydrogen-bond donors (Lipinski definition) is 1. The second-order valence-corrected chi connectivity index (χ2v) is 7.74. The zero-order chi connectivity index (χ0) is 18.4. The summed E-state index contributed by atoms with van der Waals surface area (Å²) in [6, 6.07) is 4.07. The highest BCUT2D eigenvalue weighted by Gasteiger charge is 2.29. The normalized spacial score (nSPS) is 19.6. The summed E-state index contributed by atoms with van der Waals surface area (Å²) < 4.78 is 1.67. The molecule has 3 aromatic rings. The third-order valence-corrected chi connectivity index (χ3v) is 5.84. The van der Waals surface area contributed by atoms with Crippen LogP contribution in [0.5, 0.6) is 0 Å². The highest BCUT2D eigenvalue weighted by Crippen LogP contribution is 2.30. The maximum absolute atomic E-state index is 12.6. The minimum absolute atomic E-state index is 0.0195. The molecule has 0 aromatic carbocycles. The Balaban J connectivity index is 1.47. The molecule has 1 atom stereocenters. The quantitative estimate of drug-likeness (QED) is 0.772. The summed E-state index contributed by atoms with van der Waals surface area (Å²) in [6.45, 7) is 3.58. The number of hydrogen-bond acceptors (Lipinski definition) is 5. The highest BCUT2D eigenvalue weighted by molar-refractivity contribution is 5.87. The molecule has 1 saturated heterocycles. The minimum atomic E-state index is 0.0195. The number of nitrogens with zero attached hydrogens (tertiary/aromatic N) is 5. The number of fused-ring (bicyclic) bond motifs is 2. The predicted octanol–water partition coefficient (Wildman–Crippen LogP) is 2.37. The molecule has 7 heteroatoms. The van der Waals surface area contributed by atoms with Gasteiger partial charge < -0.3 is 9.88 Å². The van der Waals surface area contributed by atoms with Crippen molar-refractivity contribution < 1.29 is 0 Å². The molecule has 0 radical (unpaired) electrons. The van der Waals surface area contributed by atoms with Gasteiger partial charge >= 0.3 is 0 Å². The molecule has 1 N–H and O–H groups in total. The van der Waals surface area contributed by atoms with E-state index in [1.54, 1.807) is 17.1 Å². The van der Waals surface area contributed by atoms with Gasteiger partial charge in [0.2, 0.25) is 0 Å². The lowest BCUT2D eigenvalue weighted by atomic mass is 9.97. The highest BCUT2D eigenvalue weighted by atomic mass is 16.1. The van der Waals surface area contributed by atoms with Crippen LogP contribution in [0.15, 0.2) is 23.3 Å². The Kier molecular flexibility index (Phi) is 3.95. The number of aromatic nitrogens is 5. The average molecular weight is 364 g/mol. The van der Waals surface area contributed by atoms with Gasteiger partial charge in [-0.25, -0.2) is 14.6 Å². The van der Waals surface area contributed by atoms with Crippen LogP contribution in [0.2, 0.25) is 0 Å². The molecular weight excluding hydrogens is 340 g/mol. The first-order valence-corrected chi connectivity index (χ1v) is 9.86. The van der Waals surface area contributed by atoms with E-state index in [1.165, 1.54) is 6.42 Å². The first-order chi connectivity index (χ1) is 13.2. The smallest absolute Gasteiger partial charge is 0.267 e. The van der Waals surface area contributed by atoms with E-state index in [4.69, 9.17) is 5.10 Å². The standard InChI is InChI=1S/C20H24N6O/c1-13-9-17-19(23-13)20(22-12-21-17)25-8-4-6-15(25)11-26-18(27)10-14-5-2-3-7-16(14)24-26/h9-10,12,15,23H,2-8,11H2,1H3. The summed E-state index contributed by atoms with van der Waals surface area (Å²) in [6.07, 6.45) is 8.06. The van der Waals surface area contributed by atoms with Gasteiger partial charge in [0.1, 0.15) is 11.8 Å². The van der Waals surface area contributed by atoms with E-state index in [9.17, 15) is 4.79 Å². The Morgan fingerprint density at radius 2 is 2.07 bits per heavy atom. The topological polar surface area (TPSA) is 79.7 Å². The van der Waals surface area contributed by atoms with Crippen LogP contribution in [0.4, 0.5) is 5.82 Å². The molecule has 0 spiro atoms. The number of nitrogens with one attached hydrogen (secondary N) is 1. The third-order valence-electron chi connectivity index (χ3n) is 5.84. The average Bonchev–Trinajstić information content (AvgIpc) is 3.27. The van der Waals surface area contributed by atoms with Gasteiger partial charge in [-0.15, -0.1) is 0 Å². The van der Waals surface area contributed by atoms with Crippen molar-refractivity contribution in [3.05, 3.63) is 45.8 Å². The van der Waals surface area contributed by atoms with Crippen molar-refractivity contribution in [2.45, 2.75) is 58.0 Å². The van der Waals surface area contributed by atoms with Crippen molar-refractivity contribution in [3.63, 3.8) is 0 Å². The van der Waals surface area contributed by atoms with Crippen molar-refractivity contribution in [1.82, 2.24) is 24.7 Å². The molecule has 1 unspecified atom stereocenters. The van der Waals surface area contributed by atoms with Crippen molar-refractivity contribution in [2.75, 3.05) is 11.4 Å². The summed E-state index contributed by atoms with van der Waals surface area (Å²) in [5.74, 6) is 0.932. The maximum atomic E-state index is 12.6. The zero-order valence-electron chi connectivity index (χ0n) is 15.6. The van der Waals surface area contributed by atoms with Crippen molar-refractivity contribution in [1.29, 1.82) is 0 Å². The van der Waals surface area contributed by atoms with E-state index in [1.807, 2.05) is 13.0 Å². The molecular formula is C20H24N6O. The van der Waals surface area contributed by atoms with Crippen molar-refractivity contribution in [2.24, 2.45) is 0 Å². The first-order valence-electron chi connectivity index (χ1n) is 9.86. The van der Waals surface area contributed by atoms with E-state index in [-0.39, 0.29) is 11.6 Å². The first kappa shape index (κ1) is 16.5. The molecule has 0 saturated carbocycles. The fourth-order valence-electron chi connectivity index (χ4n) is 4.51. The Labute approximate surface area is 157 Å². The lowest BCUT2D eigenvalue weighted by Gasteiger charge is -2.26. The molecule has 27 heavy (non-hydrogen) atoms. The largest absolute Gasteiger partial charge is 0.354 e. The summed E-state index contributed by atoms with van der Waals surface area (Å²) in [5, 5.41) is 4.71. The van der Waals surface area contributed by atoms with Gasteiger partial charge in [-0.05, 0) is 57.1 Å². The number of anilines is 1. The van der Waals surface area contributed by atoms with Crippen LogP contribution in [0.1, 0.15) is 42.6 Å². The molecule has 5 rings (SSSR count). The van der Waals surface area contributed by atoms with Gasteiger partial charge in [0.15, 0.2) is 5.82 Å². The SMILES string of the molecule is Cc1cc2ncnc(N3CCCC3Cn3nc4c(cc3=O)CCCC4)c2[nH]1. The van der Waals surface area contributed by atoms with E-state index >= 15 is 0 Å². The van der Waals surface area contributed by atoms with Crippen molar-refractivity contribution in [3.8, 4) is 0 Å². The van der Waals surface area contributed by atoms with E-state index in [0.29, 0.717) is 6.54 Å². The van der Waals surface area contributed by atoms with Gasteiger partial charge in [-0.3, -0.25) is 4.79 Å². The van der Waals surface area contributed by atoms with Gasteiger partial charge in [0.25, 0.3) is 5.56 Å². The number of H-pyrrole nitrogens is 1. The Bertz CT molecular complexity index is 1050. The maximum Gasteiger partial charge on any atom is 0.267 e. The van der Waals surface area contributed by atoms with E-state index in [2.05, 4.69) is 19.9 Å². The molecule has 0 amide bonds. The molecule has 2 aliphatic rings. The molecule has 4 heterocycles. The van der Waals surface area contributed by atoms with Crippen molar-refractivity contribution >= 4 is 16.9 Å². The minimum Gasteiger partial charge on any atom is -0.354 e. The van der Waals surface area contributed by atoms with Crippen LogP contribution in [0, 0.1) is 6.92 Å². The zero-order valence-corrected chi connectivity index (χ0v) is 15.6. The molecule has 7 nitrogen and oxygen atoms in total. The van der Waals surface area contributed by atoms with E-state index in [0.717, 1.165) is 72.5 Å².